The van der Waals surface area contributed by atoms with Gasteiger partial charge in [-0.1, -0.05) is 39.8 Å². The molecule has 0 bridgehead atoms. The van der Waals surface area contributed by atoms with Crippen molar-refractivity contribution in [2.75, 3.05) is 0 Å². The van der Waals surface area contributed by atoms with Gasteiger partial charge in [0.25, 0.3) is 0 Å². The number of carbonyl (C=O) groups is 1. The van der Waals surface area contributed by atoms with Crippen LogP contribution in [-0.4, -0.2) is 13.9 Å². The van der Waals surface area contributed by atoms with Crippen LogP contribution >= 0.6 is 0 Å². The second-order valence-electron chi connectivity index (χ2n) is 7.70. The zero-order valence-corrected chi connectivity index (χ0v) is 14.0. The molecular weight excluding hydrogens is 248 g/mol. The third-order valence-electron chi connectivity index (χ3n) is 5.29. The largest absolute Gasteiger partial charge is 0.295 e. The summed E-state index contributed by atoms with van der Waals surface area (Å²) in [6, 6.07) is 0. The molecule has 2 rings (SSSR count). The molecule has 2 heteroatoms. The van der Waals surface area contributed by atoms with Crippen molar-refractivity contribution in [3.63, 3.8) is 0 Å². The fraction of sp³-hybridized carbons (Fsp3) is 0.706. The molecule has 0 aromatic carbocycles. The quantitative estimate of drug-likeness (QED) is 0.469. The van der Waals surface area contributed by atoms with Gasteiger partial charge in [0.15, 0.2) is 5.78 Å². The first-order chi connectivity index (χ1) is 8.66. The number of ketones is 1. The number of allylic oxidation sites excluding steroid dienone is 2. The van der Waals surface area contributed by atoms with E-state index < -0.39 is 8.07 Å². The van der Waals surface area contributed by atoms with E-state index in [1.54, 1.807) is 0 Å². The number of rotatable bonds is 0. The van der Waals surface area contributed by atoms with Crippen LogP contribution in [0.4, 0.5) is 0 Å². The molecule has 2 aliphatic rings. The van der Waals surface area contributed by atoms with Crippen molar-refractivity contribution in [3.05, 3.63) is 11.6 Å². The Balaban J connectivity index is 2.33. The highest BCUT2D eigenvalue weighted by Crippen LogP contribution is 2.48. The molecule has 1 atom stereocenters. The first kappa shape index (κ1) is 14.6. The molecule has 2 aliphatic carbocycles. The van der Waals surface area contributed by atoms with Crippen LogP contribution in [0.3, 0.4) is 0 Å². The molecule has 104 valence electrons. The summed E-state index contributed by atoms with van der Waals surface area (Å²) in [5.74, 6) is 3.96. The molecule has 0 saturated heterocycles. The van der Waals surface area contributed by atoms with Crippen molar-refractivity contribution in [2.45, 2.75) is 71.0 Å². The topological polar surface area (TPSA) is 17.1 Å². The van der Waals surface area contributed by atoms with Gasteiger partial charge in [-0.15, -0.1) is 5.54 Å². The molecule has 1 fully saturated rings. The van der Waals surface area contributed by atoms with Crippen LogP contribution in [0.2, 0.25) is 18.1 Å². The van der Waals surface area contributed by atoms with Gasteiger partial charge in [-0.05, 0) is 42.4 Å². The summed E-state index contributed by atoms with van der Waals surface area (Å²) < 4.78 is 0. The minimum Gasteiger partial charge on any atom is -0.295 e. The normalized spacial score (nSPS) is 27.4. The Morgan fingerprint density at radius 3 is 2.53 bits per heavy atom. The molecule has 0 spiro atoms. The zero-order valence-electron chi connectivity index (χ0n) is 13.0. The average molecular weight is 274 g/mol. The highest BCUT2D eigenvalue weighted by atomic mass is 28.3. The summed E-state index contributed by atoms with van der Waals surface area (Å²) >= 11 is 0. The Morgan fingerprint density at radius 2 is 1.89 bits per heavy atom. The van der Waals surface area contributed by atoms with Gasteiger partial charge >= 0.3 is 0 Å². The molecule has 0 heterocycles. The molecule has 19 heavy (non-hydrogen) atoms. The molecule has 1 nitrogen and oxygen atoms in total. The van der Waals surface area contributed by atoms with Crippen LogP contribution in [0.15, 0.2) is 11.6 Å². The Hall–Kier alpha value is -0.813. The third kappa shape index (κ3) is 2.72. The summed E-state index contributed by atoms with van der Waals surface area (Å²) in [7, 11) is -1.54. The van der Waals surface area contributed by atoms with E-state index in [2.05, 4.69) is 45.3 Å². The van der Waals surface area contributed by atoms with Crippen molar-refractivity contribution < 1.29 is 4.79 Å². The summed E-state index contributed by atoms with van der Waals surface area (Å²) in [6.07, 6.45) is 6.99. The van der Waals surface area contributed by atoms with Crippen LogP contribution in [-0.2, 0) is 4.79 Å². The van der Waals surface area contributed by atoms with Crippen molar-refractivity contribution in [2.24, 2.45) is 5.41 Å². The Kier molecular flexibility index (Phi) is 3.56. The Bertz CT molecular complexity index is 482. The molecule has 0 aliphatic heterocycles. The van der Waals surface area contributed by atoms with E-state index in [1.807, 2.05) is 6.08 Å². The van der Waals surface area contributed by atoms with E-state index in [9.17, 15) is 4.79 Å². The van der Waals surface area contributed by atoms with Gasteiger partial charge < -0.3 is 0 Å². The van der Waals surface area contributed by atoms with Crippen LogP contribution < -0.4 is 0 Å². The SMILES string of the molecule is CC(C)(C)[Si](C)(C)C#CC12CCCC1=CC(=O)CC2. The third-order valence-corrected chi connectivity index (χ3v) is 9.79. The molecule has 1 saturated carbocycles. The van der Waals surface area contributed by atoms with E-state index in [0.29, 0.717) is 17.2 Å². The summed E-state index contributed by atoms with van der Waals surface area (Å²) in [6.45, 7) is 11.6. The van der Waals surface area contributed by atoms with Gasteiger partial charge in [0.2, 0.25) is 0 Å². The van der Waals surface area contributed by atoms with Crippen LogP contribution in [0.5, 0.6) is 0 Å². The maximum absolute atomic E-state index is 11.6. The lowest BCUT2D eigenvalue weighted by Crippen LogP contribution is -2.36. The molecule has 0 N–H and O–H groups in total. The van der Waals surface area contributed by atoms with Crippen LogP contribution in [0.1, 0.15) is 52.9 Å². The van der Waals surface area contributed by atoms with Crippen molar-refractivity contribution in [1.29, 1.82) is 0 Å². The first-order valence-electron chi connectivity index (χ1n) is 7.45. The van der Waals surface area contributed by atoms with E-state index in [1.165, 1.54) is 12.0 Å². The lowest BCUT2D eigenvalue weighted by molar-refractivity contribution is -0.115. The number of hydrogen-bond donors (Lipinski definition) is 0. The minimum atomic E-state index is -1.54. The summed E-state index contributed by atoms with van der Waals surface area (Å²) in [5, 5.41) is 0.309. The number of fused-ring (bicyclic) bond motifs is 1. The van der Waals surface area contributed by atoms with Gasteiger partial charge in [0, 0.05) is 6.42 Å². The predicted molar refractivity (Wildman–Crippen MR) is 83.6 cm³/mol. The van der Waals surface area contributed by atoms with Gasteiger partial charge in [0.1, 0.15) is 8.07 Å². The predicted octanol–water partition coefficient (Wildman–Crippen LogP) is 4.50. The summed E-state index contributed by atoms with van der Waals surface area (Å²) in [5.41, 5.74) is 5.07. The Labute approximate surface area is 118 Å². The van der Waals surface area contributed by atoms with Gasteiger partial charge in [-0.3, -0.25) is 4.79 Å². The minimum absolute atomic E-state index is 0.0590. The lowest BCUT2D eigenvalue weighted by atomic mass is 9.75. The molecule has 0 amide bonds. The fourth-order valence-electron chi connectivity index (χ4n) is 2.75. The molecular formula is C17H26OSi. The molecule has 0 aromatic rings. The average Bonchev–Trinajstić information content (AvgIpc) is 2.68. The van der Waals surface area contributed by atoms with Crippen LogP contribution in [0, 0.1) is 16.9 Å². The van der Waals surface area contributed by atoms with Crippen LogP contribution in [0.25, 0.3) is 0 Å². The maximum Gasteiger partial charge on any atom is 0.155 e. The van der Waals surface area contributed by atoms with Crippen molar-refractivity contribution in [3.8, 4) is 11.5 Å². The van der Waals surface area contributed by atoms with Crippen molar-refractivity contribution >= 4 is 13.9 Å². The monoisotopic (exact) mass is 274 g/mol. The summed E-state index contributed by atoms with van der Waals surface area (Å²) in [4.78, 5) is 11.6. The second-order valence-corrected chi connectivity index (χ2v) is 12.7. The highest BCUT2D eigenvalue weighted by Gasteiger charge is 2.41. The molecule has 0 aromatic heterocycles. The zero-order chi connectivity index (χ0) is 14.3. The second kappa shape index (κ2) is 4.63. The fourth-order valence-corrected chi connectivity index (χ4v) is 3.67. The number of carbonyl (C=O) groups excluding carboxylic acids is 1. The van der Waals surface area contributed by atoms with Gasteiger partial charge in [-0.2, -0.15) is 0 Å². The Morgan fingerprint density at radius 1 is 1.21 bits per heavy atom. The van der Waals surface area contributed by atoms with Gasteiger partial charge in [0.05, 0.1) is 5.41 Å². The van der Waals surface area contributed by atoms with Crippen molar-refractivity contribution in [1.82, 2.24) is 0 Å². The molecule has 0 radical (unpaired) electrons. The lowest BCUT2D eigenvalue weighted by Gasteiger charge is -2.33. The van der Waals surface area contributed by atoms with E-state index in [0.717, 1.165) is 19.3 Å². The highest BCUT2D eigenvalue weighted by molar-refractivity contribution is 6.87. The van der Waals surface area contributed by atoms with E-state index in [-0.39, 0.29) is 5.41 Å². The van der Waals surface area contributed by atoms with E-state index >= 15 is 0 Å². The smallest absolute Gasteiger partial charge is 0.155 e. The van der Waals surface area contributed by atoms with E-state index in [4.69, 9.17) is 0 Å². The number of hydrogen-bond acceptors (Lipinski definition) is 1. The molecule has 1 unspecified atom stereocenters. The standard InChI is InChI=1S/C17H26OSi/c1-16(2,3)19(4,5)12-11-17-9-6-7-14(17)13-15(18)8-10-17/h13H,6-10H2,1-5H3. The van der Waals surface area contributed by atoms with Gasteiger partial charge in [-0.25, -0.2) is 0 Å². The first-order valence-corrected chi connectivity index (χ1v) is 10.4. The maximum atomic E-state index is 11.6.